The van der Waals surface area contributed by atoms with Crippen molar-refractivity contribution in [3.63, 3.8) is 0 Å². The van der Waals surface area contributed by atoms with Crippen LogP contribution in [0.1, 0.15) is 25.7 Å². The first-order valence-electron chi connectivity index (χ1n) is 6.34. The second-order valence-electron chi connectivity index (χ2n) is 5.49. The zero-order valence-corrected chi connectivity index (χ0v) is 9.64. The predicted molar refractivity (Wildman–Crippen MR) is 58.2 cm³/mol. The number of nitrogens with one attached hydrogen (secondary N) is 1. The van der Waals surface area contributed by atoms with Gasteiger partial charge >= 0.3 is 0 Å². The molecule has 0 bridgehead atoms. The molecule has 3 aliphatic rings. The van der Waals surface area contributed by atoms with Gasteiger partial charge in [0.2, 0.25) is 0 Å². The Morgan fingerprint density at radius 2 is 2.19 bits per heavy atom. The lowest BCUT2D eigenvalue weighted by molar-refractivity contribution is -0.121. The predicted octanol–water partition coefficient (Wildman–Crippen LogP) is 1.27. The maximum atomic E-state index is 14.7. The van der Waals surface area contributed by atoms with Crippen LogP contribution in [0, 0.1) is 5.92 Å². The molecule has 0 aliphatic carbocycles. The van der Waals surface area contributed by atoms with Crippen molar-refractivity contribution >= 4 is 0 Å². The third-order valence-corrected chi connectivity index (χ3v) is 4.43. The Kier molecular flexibility index (Phi) is 2.68. The second kappa shape index (κ2) is 3.93. The van der Waals surface area contributed by atoms with Gasteiger partial charge in [-0.1, -0.05) is 0 Å². The first-order chi connectivity index (χ1) is 7.73. The summed E-state index contributed by atoms with van der Waals surface area (Å²) >= 11 is 0. The van der Waals surface area contributed by atoms with E-state index >= 15 is 0 Å². The molecular weight excluding hydrogens is 209 g/mol. The lowest BCUT2D eigenvalue weighted by Gasteiger charge is -2.41. The van der Waals surface area contributed by atoms with E-state index in [0.29, 0.717) is 26.2 Å². The quantitative estimate of drug-likeness (QED) is 0.734. The maximum Gasteiger partial charge on any atom is 0.127 e. The molecule has 4 heteroatoms. The van der Waals surface area contributed by atoms with Gasteiger partial charge in [0.25, 0.3) is 0 Å². The topological polar surface area (TPSA) is 30.5 Å². The lowest BCUT2D eigenvalue weighted by atomic mass is 9.76. The van der Waals surface area contributed by atoms with Crippen LogP contribution < -0.4 is 5.32 Å². The van der Waals surface area contributed by atoms with Crippen LogP contribution in [-0.2, 0) is 9.47 Å². The molecule has 3 fully saturated rings. The fraction of sp³-hybridized carbons (Fsp3) is 1.00. The molecule has 0 amide bonds. The summed E-state index contributed by atoms with van der Waals surface area (Å²) in [5.74, 6) is 0.151. The van der Waals surface area contributed by atoms with Crippen LogP contribution in [0.3, 0.4) is 0 Å². The minimum Gasteiger partial charge on any atom is -0.378 e. The monoisotopic (exact) mass is 229 g/mol. The van der Waals surface area contributed by atoms with Crippen molar-refractivity contribution in [3.8, 4) is 0 Å². The summed E-state index contributed by atoms with van der Waals surface area (Å²) in [6.45, 7) is 3.46. The normalized spacial score (nSPS) is 48.9. The fourth-order valence-electron chi connectivity index (χ4n) is 3.36. The number of halogens is 1. The van der Waals surface area contributed by atoms with Gasteiger partial charge in [-0.2, -0.15) is 0 Å². The molecule has 92 valence electrons. The number of alkyl halides is 1. The number of hydrogen-bond acceptors (Lipinski definition) is 3. The number of ether oxygens (including phenoxy) is 2. The summed E-state index contributed by atoms with van der Waals surface area (Å²) in [6, 6.07) is 0. The van der Waals surface area contributed by atoms with Gasteiger partial charge in [-0.25, -0.2) is 4.39 Å². The molecule has 0 aromatic heterocycles. The molecule has 0 saturated carbocycles. The average molecular weight is 229 g/mol. The molecule has 0 aromatic carbocycles. The Balaban J connectivity index is 1.72. The SMILES string of the molecule is FC1(C2CCOC3(CCOC3)C2)CCNC1. The fourth-order valence-corrected chi connectivity index (χ4v) is 3.36. The van der Waals surface area contributed by atoms with Crippen LogP contribution in [0.5, 0.6) is 0 Å². The highest BCUT2D eigenvalue weighted by molar-refractivity contribution is 5.00. The molecule has 1 spiro atoms. The highest BCUT2D eigenvalue weighted by atomic mass is 19.1. The number of rotatable bonds is 1. The van der Waals surface area contributed by atoms with Crippen LogP contribution in [0.25, 0.3) is 0 Å². The van der Waals surface area contributed by atoms with E-state index in [1.54, 1.807) is 0 Å². The zero-order valence-electron chi connectivity index (χ0n) is 9.64. The van der Waals surface area contributed by atoms with E-state index in [0.717, 1.165) is 32.4 Å². The highest BCUT2D eigenvalue weighted by Crippen LogP contribution is 2.43. The van der Waals surface area contributed by atoms with Gasteiger partial charge in [-0.05, 0) is 31.7 Å². The average Bonchev–Trinajstić information content (AvgIpc) is 2.90. The van der Waals surface area contributed by atoms with Crippen LogP contribution in [0.2, 0.25) is 0 Å². The molecule has 3 saturated heterocycles. The van der Waals surface area contributed by atoms with Gasteiger partial charge in [-0.3, -0.25) is 0 Å². The van der Waals surface area contributed by atoms with Gasteiger partial charge in [0, 0.05) is 26.2 Å². The van der Waals surface area contributed by atoms with Crippen molar-refractivity contribution in [2.75, 3.05) is 32.9 Å². The van der Waals surface area contributed by atoms with Crippen molar-refractivity contribution in [2.45, 2.75) is 37.0 Å². The van der Waals surface area contributed by atoms with Crippen LogP contribution >= 0.6 is 0 Å². The van der Waals surface area contributed by atoms with E-state index in [9.17, 15) is 4.39 Å². The van der Waals surface area contributed by atoms with Crippen molar-refractivity contribution in [3.05, 3.63) is 0 Å². The molecular formula is C12H20FNO2. The Hall–Kier alpha value is -0.190. The molecule has 3 heterocycles. The summed E-state index contributed by atoms with van der Waals surface area (Å²) in [5, 5.41) is 3.14. The summed E-state index contributed by atoms with van der Waals surface area (Å²) in [5.41, 5.74) is -1.16. The molecule has 0 radical (unpaired) electrons. The number of hydrogen-bond donors (Lipinski definition) is 1. The van der Waals surface area contributed by atoms with Gasteiger partial charge in [-0.15, -0.1) is 0 Å². The van der Waals surface area contributed by atoms with Gasteiger partial charge in [0.05, 0.1) is 12.2 Å². The minimum absolute atomic E-state index is 0.151. The van der Waals surface area contributed by atoms with Crippen molar-refractivity contribution < 1.29 is 13.9 Å². The third kappa shape index (κ3) is 1.77. The van der Waals surface area contributed by atoms with Gasteiger partial charge in [0.1, 0.15) is 5.67 Å². The van der Waals surface area contributed by atoms with E-state index < -0.39 is 5.67 Å². The molecule has 1 N–H and O–H groups in total. The largest absolute Gasteiger partial charge is 0.378 e. The molecule has 3 nitrogen and oxygen atoms in total. The summed E-state index contributed by atoms with van der Waals surface area (Å²) in [6.07, 6.45) is 3.30. The Labute approximate surface area is 95.7 Å². The molecule has 3 unspecified atom stereocenters. The Morgan fingerprint density at radius 1 is 1.25 bits per heavy atom. The lowest BCUT2D eigenvalue weighted by Crippen LogP contribution is -2.48. The van der Waals surface area contributed by atoms with Crippen LogP contribution in [0.4, 0.5) is 4.39 Å². The summed E-state index contributed by atoms with van der Waals surface area (Å²) in [7, 11) is 0. The van der Waals surface area contributed by atoms with Crippen LogP contribution in [-0.4, -0.2) is 44.2 Å². The van der Waals surface area contributed by atoms with E-state index in [2.05, 4.69) is 5.32 Å². The Bertz CT molecular complexity index is 250. The summed E-state index contributed by atoms with van der Waals surface area (Å²) in [4.78, 5) is 0. The zero-order chi connectivity index (χ0) is 11.1. The minimum atomic E-state index is -1.00. The third-order valence-electron chi connectivity index (χ3n) is 4.43. The van der Waals surface area contributed by atoms with E-state index in [-0.39, 0.29) is 11.5 Å². The van der Waals surface area contributed by atoms with Gasteiger partial charge < -0.3 is 14.8 Å². The molecule has 3 aliphatic heterocycles. The van der Waals surface area contributed by atoms with Crippen molar-refractivity contribution in [2.24, 2.45) is 5.92 Å². The first-order valence-corrected chi connectivity index (χ1v) is 6.34. The smallest absolute Gasteiger partial charge is 0.127 e. The first kappa shape index (κ1) is 10.9. The highest BCUT2D eigenvalue weighted by Gasteiger charge is 2.49. The van der Waals surface area contributed by atoms with Crippen LogP contribution in [0.15, 0.2) is 0 Å². The standard InChI is InChI=1S/C12H20FNO2/c13-12(2-4-14-8-12)10-1-5-16-11(7-10)3-6-15-9-11/h10,14H,1-9H2. The Morgan fingerprint density at radius 3 is 2.88 bits per heavy atom. The van der Waals surface area contributed by atoms with Crippen molar-refractivity contribution in [1.29, 1.82) is 0 Å². The van der Waals surface area contributed by atoms with E-state index in [1.807, 2.05) is 0 Å². The van der Waals surface area contributed by atoms with E-state index in [4.69, 9.17) is 9.47 Å². The molecule has 3 atom stereocenters. The second-order valence-corrected chi connectivity index (χ2v) is 5.49. The van der Waals surface area contributed by atoms with E-state index in [1.165, 1.54) is 0 Å². The van der Waals surface area contributed by atoms with Gasteiger partial charge in [0.15, 0.2) is 0 Å². The molecule has 0 aromatic rings. The molecule has 16 heavy (non-hydrogen) atoms. The maximum absolute atomic E-state index is 14.7. The summed E-state index contributed by atoms with van der Waals surface area (Å²) < 4.78 is 25.9. The molecule has 3 rings (SSSR count). The van der Waals surface area contributed by atoms with Crippen molar-refractivity contribution in [1.82, 2.24) is 5.32 Å².